The van der Waals surface area contributed by atoms with Gasteiger partial charge in [-0.05, 0) is 160 Å². The topological polar surface area (TPSA) is 6.48 Å². The van der Waals surface area contributed by atoms with Crippen LogP contribution in [-0.2, 0) is 10.8 Å². The third-order valence-corrected chi connectivity index (χ3v) is 14.8. The molecule has 322 valence electrons. The molecule has 2 heteroatoms. The molecule has 9 aromatic rings. The van der Waals surface area contributed by atoms with Crippen LogP contribution < -0.4 is 9.80 Å². The average Bonchev–Trinajstić information content (AvgIpc) is 3.61. The molecule has 0 spiro atoms. The number of fused-ring (bicyclic) bond motifs is 3. The van der Waals surface area contributed by atoms with Crippen LogP contribution in [0, 0.1) is 5.92 Å². The van der Waals surface area contributed by atoms with E-state index in [1.807, 2.05) is 0 Å². The first kappa shape index (κ1) is 41.3. The van der Waals surface area contributed by atoms with E-state index in [0.29, 0.717) is 0 Å². The van der Waals surface area contributed by atoms with Gasteiger partial charge in [-0.3, -0.25) is 0 Å². The minimum absolute atomic E-state index is 0.0735. The Balaban J connectivity index is 0.947. The fraction of sp³-hybridized carbons (Fsp3) is 0.156. The second-order valence-electron chi connectivity index (χ2n) is 19.1. The quantitative estimate of drug-likeness (QED) is 0.135. The molecule has 0 atom stereocenters. The average molecular weight is 853 g/mol. The zero-order valence-electron chi connectivity index (χ0n) is 38.2. The maximum Gasteiger partial charge on any atom is 0.0465 e. The first-order chi connectivity index (χ1) is 32.4. The standard InChI is InChI=1S/C64H56N2/c1-46-41-43-64(44-42-46,50-29-35-55(36-30-50)65(52-21-12-6-13-22-52)54-33-27-48(28-34-54)47-17-8-4-9-18-47)51-31-37-56(38-32-51)66(53-23-14-7-15-24-53)57-39-40-59-61(45-57)63(2,3)60-26-16-25-58(62(59)60)49-19-10-5-11-20-49/h4-40,45-46H,41-44H2,1-3H3. The van der Waals surface area contributed by atoms with Crippen molar-refractivity contribution in [2.45, 2.75) is 57.3 Å². The van der Waals surface area contributed by atoms with Gasteiger partial charge in [-0.1, -0.05) is 178 Å². The van der Waals surface area contributed by atoms with Crippen LogP contribution in [0.1, 0.15) is 68.7 Å². The van der Waals surface area contributed by atoms with E-state index >= 15 is 0 Å². The van der Waals surface area contributed by atoms with Gasteiger partial charge < -0.3 is 9.80 Å². The Bertz CT molecular complexity index is 3080. The molecule has 0 aromatic heterocycles. The second kappa shape index (κ2) is 17.2. The summed E-state index contributed by atoms with van der Waals surface area (Å²) in [6.07, 6.45) is 4.68. The molecule has 2 nitrogen and oxygen atoms in total. The lowest BCUT2D eigenvalue weighted by Gasteiger charge is -2.41. The Hall–Kier alpha value is -7.42. The smallest absolute Gasteiger partial charge is 0.0465 e. The Morgan fingerprint density at radius 1 is 0.364 bits per heavy atom. The Morgan fingerprint density at radius 2 is 0.788 bits per heavy atom. The van der Waals surface area contributed by atoms with Crippen LogP contribution in [0.3, 0.4) is 0 Å². The van der Waals surface area contributed by atoms with Gasteiger partial charge in [0.25, 0.3) is 0 Å². The summed E-state index contributed by atoms with van der Waals surface area (Å²) in [5.41, 5.74) is 19.9. The SMILES string of the molecule is CC1CCC(c2ccc(N(c3ccccc3)c3ccc(-c4ccccc4)cc3)cc2)(c2ccc(N(c3ccccc3)c3ccc4c(c3)C(C)(C)c3cccc(-c5ccccc5)c3-4)cc2)CC1. The van der Waals surface area contributed by atoms with Crippen molar-refractivity contribution in [1.29, 1.82) is 0 Å². The third kappa shape index (κ3) is 7.41. The van der Waals surface area contributed by atoms with E-state index in [9.17, 15) is 0 Å². The maximum absolute atomic E-state index is 2.45. The van der Waals surface area contributed by atoms with E-state index in [1.54, 1.807) is 0 Å². The summed E-state index contributed by atoms with van der Waals surface area (Å²) < 4.78 is 0. The van der Waals surface area contributed by atoms with Gasteiger partial charge in [0.05, 0.1) is 0 Å². The zero-order chi connectivity index (χ0) is 44.7. The lowest BCUT2D eigenvalue weighted by molar-refractivity contribution is 0.280. The van der Waals surface area contributed by atoms with Crippen LogP contribution in [0.5, 0.6) is 0 Å². The van der Waals surface area contributed by atoms with E-state index in [4.69, 9.17) is 0 Å². The summed E-state index contributed by atoms with van der Waals surface area (Å²) in [5.74, 6) is 0.719. The molecule has 0 N–H and O–H groups in total. The second-order valence-corrected chi connectivity index (χ2v) is 19.1. The molecule has 0 unspecified atom stereocenters. The van der Waals surface area contributed by atoms with E-state index < -0.39 is 0 Å². The van der Waals surface area contributed by atoms with Crippen molar-refractivity contribution >= 4 is 34.1 Å². The highest BCUT2D eigenvalue weighted by atomic mass is 15.1. The highest BCUT2D eigenvalue weighted by molar-refractivity contribution is 5.94. The van der Waals surface area contributed by atoms with E-state index in [2.05, 4.69) is 261 Å². The van der Waals surface area contributed by atoms with Crippen molar-refractivity contribution in [1.82, 2.24) is 0 Å². The Labute approximate surface area is 391 Å². The number of nitrogens with zero attached hydrogens (tertiary/aromatic N) is 2. The molecule has 0 saturated heterocycles. The van der Waals surface area contributed by atoms with Gasteiger partial charge in [-0.2, -0.15) is 0 Å². The monoisotopic (exact) mass is 852 g/mol. The van der Waals surface area contributed by atoms with Crippen molar-refractivity contribution in [3.8, 4) is 33.4 Å². The van der Waals surface area contributed by atoms with Crippen LogP contribution in [0.4, 0.5) is 34.1 Å². The van der Waals surface area contributed by atoms with Gasteiger partial charge in [0.2, 0.25) is 0 Å². The van der Waals surface area contributed by atoms with Crippen LogP contribution in [0.15, 0.2) is 231 Å². The van der Waals surface area contributed by atoms with E-state index in [-0.39, 0.29) is 10.8 Å². The van der Waals surface area contributed by atoms with Gasteiger partial charge in [-0.15, -0.1) is 0 Å². The largest absolute Gasteiger partial charge is 0.311 e. The molecule has 0 aliphatic heterocycles. The van der Waals surface area contributed by atoms with Gasteiger partial charge in [0.1, 0.15) is 0 Å². The molecule has 11 rings (SSSR count). The van der Waals surface area contributed by atoms with Crippen LogP contribution in [-0.4, -0.2) is 0 Å². The molecule has 0 bridgehead atoms. The van der Waals surface area contributed by atoms with Crippen molar-refractivity contribution < 1.29 is 0 Å². The third-order valence-electron chi connectivity index (χ3n) is 14.8. The molecule has 0 heterocycles. The number of rotatable bonds is 10. The molecular formula is C64H56N2. The summed E-state index contributed by atoms with van der Waals surface area (Å²) in [5, 5.41) is 0. The van der Waals surface area contributed by atoms with Crippen molar-refractivity contribution in [2.75, 3.05) is 9.80 Å². The molecule has 0 radical (unpaired) electrons. The van der Waals surface area contributed by atoms with Crippen molar-refractivity contribution in [3.63, 3.8) is 0 Å². The summed E-state index contributed by atoms with van der Waals surface area (Å²) in [4.78, 5) is 4.82. The van der Waals surface area contributed by atoms with Gasteiger partial charge in [-0.25, -0.2) is 0 Å². The minimum Gasteiger partial charge on any atom is -0.311 e. The Kier molecular flexibility index (Phi) is 10.7. The first-order valence-corrected chi connectivity index (χ1v) is 23.8. The predicted molar refractivity (Wildman–Crippen MR) is 279 cm³/mol. The van der Waals surface area contributed by atoms with Gasteiger partial charge in [0, 0.05) is 45.0 Å². The predicted octanol–water partition coefficient (Wildman–Crippen LogP) is 17.8. The molecule has 2 aliphatic rings. The highest BCUT2D eigenvalue weighted by Gasteiger charge is 2.39. The lowest BCUT2D eigenvalue weighted by Crippen LogP contribution is -2.32. The molecule has 0 amide bonds. The Morgan fingerprint density at radius 3 is 1.32 bits per heavy atom. The maximum atomic E-state index is 2.45. The highest BCUT2D eigenvalue weighted by Crippen LogP contribution is 2.54. The van der Waals surface area contributed by atoms with Crippen LogP contribution >= 0.6 is 0 Å². The van der Waals surface area contributed by atoms with Gasteiger partial charge >= 0.3 is 0 Å². The summed E-state index contributed by atoms with van der Waals surface area (Å²) in [7, 11) is 0. The molecule has 66 heavy (non-hydrogen) atoms. The fourth-order valence-corrected chi connectivity index (χ4v) is 11.1. The normalized spacial score (nSPS) is 17.1. The fourth-order valence-electron chi connectivity index (χ4n) is 11.1. The molecule has 2 aliphatic carbocycles. The molecule has 1 fully saturated rings. The summed E-state index contributed by atoms with van der Waals surface area (Å²) in [6.45, 7) is 7.20. The van der Waals surface area contributed by atoms with E-state index in [1.165, 1.54) is 74.2 Å². The molecule has 9 aromatic carbocycles. The number of hydrogen-bond acceptors (Lipinski definition) is 2. The number of para-hydroxylation sites is 2. The number of hydrogen-bond donors (Lipinski definition) is 0. The minimum atomic E-state index is -0.150. The van der Waals surface area contributed by atoms with Crippen molar-refractivity contribution in [2.24, 2.45) is 5.92 Å². The molecular weight excluding hydrogens is 797 g/mol. The number of benzene rings is 9. The lowest BCUT2D eigenvalue weighted by atomic mass is 9.63. The first-order valence-electron chi connectivity index (χ1n) is 23.8. The summed E-state index contributed by atoms with van der Waals surface area (Å²) in [6, 6.07) is 85.2. The van der Waals surface area contributed by atoms with Crippen molar-refractivity contribution in [3.05, 3.63) is 253 Å². The van der Waals surface area contributed by atoms with Gasteiger partial charge in [0.15, 0.2) is 0 Å². The zero-order valence-corrected chi connectivity index (χ0v) is 38.2. The van der Waals surface area contributed by atoms with Crippen LogP contribution in [0.25, 0.3) is 33.4 Å². The van der Waals surface area contributed by atoms with E-state index in [0.717, 1.165) is 47.2 Å². The van der Waals surface area contributed by atoms with Crippen LogP contribution in [0.2, 0.25) is 0 Å². The molecule has 1 saturated carbocycles. The number of anilines is 6. The summed E-state index contributed by atoms with van der Waals surface area (Å²) >= 11 is 0.